The van der Waals surface area contributed by atoms with Gasteiger partial charge >= 0.3 is 0 Å². The Morgan fingerprint density at radius 3 is 2.76 bits per heavy atom. The van der Waals surface area contributed by atoms with E-state index < -0.39 is 0 Å². The molecule has 1 aliphatic rings. The normalized spacial score (nSPS) is 14.1. The van der Waals surface area contributed by atoms with E-state index in [1.165, 1.54) is 34.3 Å². The third-order valence-corrected chi connectivity index (χ3v) is 6.56. The summed E-state index contributed by atoms with van der Waals surface area (Å²) in [5, 5.41) is 9.80. The summed E-state index contributed by atoms with van der Waals surface area (Å²) in [6.07, 6.45) is 6.95. The van der Waals surface area contributed by atoms with Crippen molar-refractivity contribution in [3.63, 3.8) is 0 Å². The highest BCUT2D eigenvalue weighted by Gasteiger charge is 2.15. The molecule has 4 aromatic rings. The van der Waals surface area contributed by atoms with Gasteiger partial charge < -0.3 is 10.6 Å². The highest BCUT2D eigenvalue weighted by Crippen LogP contribution is 2.22. The van der Waals surface area contributed by atoms with Crippen LogP contribution in [0, 0.1) is 17.8 Å². The van der Waals surface area contributed by atoms with Gasteiger partial charge in [-0.1, -0.05) is 18.1 Å². The molecular formula is C25H24N6OS. The highest BCUT2D eigenvalue weighted by atomic mass is 32.1. The Labute approximate surface area is 195 Å². The number of hydrogen-bond donors (Lipinski definition) is 2. The third-order valence-electron chi connectivity index (χ3n) is 5.80. The monoisotopic (exact) mass is 456 g/mol. The Morgan fingerprint density at radius 1 is 1.21 bits per heavy atom. The summed E-state index contributed by atoms with van der Waals surface area (Å²) in [7, 11) is 0. The molecule has 2 N–H and O–H groups in total. The molecule has 8 heteroatoms. The second-order valence-electron chi connectivity index (χ2n) is 8.08. The van der Waals surface area contributed by atoms with Crippen LogP contribution in [0.2, 0.25) is 0 Å². The van der Waals surface area contributed by atoms with E-state index in [9.17, 15) is 4.79 Å². The smallest absolute Gasteiger partial charge is 0.274 e. The van der Waals surface area contributed by atoms with Crippen molar-refractivity contribution < 1.29 is 0 Å². The molecule has 0 radical (unpaired) electrons. The van der Waals surface area contributed by atoms with Crippen LogP contribution >= 0.6 is 11.3 Å². The number of benzene rings is 1. The van der Waals surface area contributed by atoms with Crippen LogP contribution in [0.25, 0.3) is 16.2 Å². The molecular weight excluding hydrogens is 432 g/mol. The van der Waals surface area contributed by atoms with Gasteiger partial charge in [0.05, 0.1) is 5.56 Å². The van der Waals surface area contributed by atoms with Crippen LogP contribution in [0.5, 0.6) is 0 Å². The molecule has 0 atom stereocenters. The van der Waals surface area contributed by atoms with Crippen LogP contribution in [0.4, 0.5) is 11.6 Å². The second kappa shape index (κ2) is 9.53. The van der Waals surface area contributed by atoms with Gasteiger partial charge in [0.15, 0.2) is 10.8 Å². The molecule has 166 valence electrons. The minimum absolute atomic E-state index is 0.237. The Morgan fingerprint density at radius 2 is 2.03 bits per heavy atom. The molecule has 4 heterocycles. The fraction of sp³-hybridized carbons (Fsp3) is 0.280. The third kappa shape index (κ3) is 4.65. The largest absolute Gasteiger partial charge is 0.324 e. The molecule has 0 bridgehead atoms. The number of aromatic nitrogens is 4. The molecule has 7 nitrogen and oxygen atoms in total. The molecule has 1 aromatic carbocycles. The van der Waals surface area contributed by atoms with Gasteiger partial charge in [0.25, 0.3) is 5.56 Å². The first kappa shape index (κ1) is 21.3. The SMILES string of the molecule is CC#Cc1cc2cnc(Nc3ccc(CC4CCNCC4)cc3)nc2n(-c2nccs2)c1=O. The van der Waals surface area contributed by atoms with E-state index in [1.807, 2.05) is 5.38 Å². The summed E-state index contributed by atoms with van der Waals surface area (Å²) in [5.74, 6) is 6.85. The Hall–Kier alpha value is -3.54. The van der Waals surface area contributed by atoms with Crippen LogP contribution < -0.4 is 16.2 Å². The Kier molecular flexibility index (Phi) is 6.15. The van der Waals surface area contributed by atoms with E-state index in [0.717, 1.165) is 36.5 Å². The average molecular weight is 457 g/mol. The van der Waals surface area contributed by atoms with Gasteiger partial charge in [-0.05, 0) is 69.0 Å². The summed E-state index contributed by atoms with van der Waals surface area (Å²) in [4.78, 5) is 26.5. The summed E-state index contributed by atoms with van der Waals surface area (Å²) in [6.45, 7) is 3.93. The summed E-state index contributed by atoms with van der Waals surface area (Å²) in [6, 6.07) is 10.2. The van der Waals surface area contributed by atoms with Crippen LogP contribution in [0.3, 0.4) is 0 Å². The van der Waals surface area contributed by atoms with Crippen molar-refractivity contribution in [2.45, 2.75) is 26.2 Å². The van der Waals surface area contributed by atoms with Crippen LogP contribution in [0.15, 0.2) is 52.9 Å². The van der Waals surface area contributed by atoms with Crippen molar-refractivity contribution in [2.75, 3.05) is 18.4 Å². The number of pyridine rings is 1. The van der Waals surface area contributed by atoms with Crippen LogP contribution in [-0.4, -0.2) is 32.6 Å². The first-order valence-corrected chi connectivity index (χ1v) is 11.9. The molecule has 0 saturated carbocycles. The van der Waals surface area contributed by atoms with Gasteiger partial charge in [-0.25, -0.2) is 14.5 Å². The number of hydrogen-bond acceptors (Lipinski definition) is 7. The van der Waals surface area contributed by atoms with Gasteiger partial charge in [-0.15, -0.1) is 17.3 Å². The summed E-state index contributed by atoms with van der Waals surface area (Å²) < 4.78 is 1.51. The van der Waals surface area contributed by atoms with Crippen molar-refractivity contribution in [1.82, 2.24) is 24.8 Å². The first-order chi connectivity index (χ1) is 16.2. The molecule has 0 unspecified atom stereocenters. The van der Waals surface area contributed by atoms with Crippen molar-refractivity contribution >= 4 is 34.0 Å². The van der Waals surface area contributed by atoms with Gasteiger partial charge in [0.1, 0.15) is 0 Å². The number of nitrogens with zero attached hydrogens (tertiary/aromatic N) is 4. The molecule has 5 rings (SSSR count). The molecule has 0 amide bonds. The van der Waals surface area contributed by atoms with Crippen molar-refractivity contribution in [2.24, 2.45) is 5.92 Å². The van der Waals surface area contributed by atoms with Crippen molar-refractivity contribution in [3.05, 3.63) is 69.6 Å². The number of piperidine rings is 1. The van der Waals surface area contributed by atoms with Crippen LogP contribution in [-0.2, 0) is 6.42 Å². The zero-order chi connectivity index (χ0) is 22.6. The molecule has 3 aromatic heterocycles. The maximum Gasteiger partial charge on any atom is 0.274 e. The topological polar surface area (TPSA) is 84.7 Å². The Balaban J connectivity index is 1.44. The van der Waals surface area contributed by atoms with Gasteiger partial charge in [0.2, 0.25) is 5.95 Å². The van der Waals surface area contributed by atoms with E-state index in [0.29, 0.717) is 22.3 Å². The van der Waals surface area contributed by atoms with E-state index in [-0.39, 0.29) is 5.56 Å². The maximum absolute atomic E-state index is 13.1. The molecule has 1 aliphatic heterocycles. The second-order valence-corrected chi connectivity index (χ2v) is 8.95. The lowest BCUT2D eigenvalue weighted by Gasteiger charge is -2.22. The standard InChI is InChI=1S/C25H24N6OS/c1-2-3-19-15-20-16-28-24(30-22(20)31(23(19)32)25-27-12-13-33-25)29-21-6-4-17(5-7-21)14-18-8-10-26-11-9-18/h4-7,12-13,15-16,18,26H,8-11,14H2,1H3,(H,28,29,30). The van der Waals surface area contributed by atoms with Crippen molar-refractivity contribution in [3.8, 4) is 17.0 Å². The number of nitrogens with one attached hydrogen (secondary N) is 2. The number of thiazole rings is 1. The number of fused-ring (bicyclic) bond motifs is 1. The fourth-order valence-corrected chi connectivity index (χ4v) is 4.80. The molecule has 1 saturated heterocycles. The first-order valence-electron chi connectivity index (χ1n) is 11.0. The lowest BCUT2D eigenvalue weighted by molar-refractivity contribution is 0.372. The van der Waals surface area contributed by atoms with Crippen LogP contribution in [0.1, 0.15) is 30.9 Å². The number of rotatable bonds is 5. The van der Waals surface area contributed by atoms with Gasteiger partial charge in [-0.2, -0.15) is 4.98 Å². The molecule has 0 aliphatic carbocycles. The van der Waals surface area contributed by atoms with E-state index >= 15 is 0 Å². The summed E-state index contributed by atoms with van der Waals surface area (Å²) >= 11 is 1.38. The predicted octanol–water partition coefficient (Wildman–Crippen LogP) is 3.89. The minimum Gasteiger partial charge on any atom is -0.324 e. The molecule has 0 spiro atoms. The Bertz CT molecular complexity index is 1380. The fourth-order valence-electron chi connectivity index (χ4n) is 4.16. The highest BCUT2D eigenvalue weighted by molar-refractivity contribution is 7.12. The lowest BCUT2D eigenvalue weighted by Crippen LogP contribution is -2.28. The van der Waals surface area contributed by atoms with Crippen molar-refractivity contribution in [1.29, 1.82) is 0 Å². The molecule has 1 fully saturated rings. The number of anilines is 2. The minimum atomic E-state index is -0.237. The average Bonchev–Trinajstić information content (AvgIpc) is 3.36. The van der Waals surface area contributed by atoms with E-state index in [4.69, 9.17) is 0 Å². The lowest BCUT2D eigenvalue weighted by atomic mass is 9.91. The van der Waals surface area contributed by atoms with E-state index in [1.54, 1.807) is 25.4 Å². The maximum atomic E-state index is 13.1. The zero-order valence-corrected chi connectivity index (χ0v) is 19.2. The quantitative estimate of drug-likeness (QED) is 0.443. The van der Waals surface area contributed by atoms with Gasteiger partial charge in [0, 0.05) is 28.8 Å². The summed E-state index contributed by atoms with van der Waals surface area (Å²) in [5.41, 5.74) is 2.90. The van der Waals surface area contributed by atoms with E-state index in [2.05, 4.69) is 61.7 Å². The molecule has 33 heavy (non-hydrogen) atoms. The zero-order valence-electron chi connectivity index (χ0n) is 18.3. The van der Waals surface area contributed by atoms with Gasteiger partial charge in [-0.3, -0.25) is 4.79 Å². The predicted molar refractivity (Wildman–Crippen MR) is 132 cm³/mol.